The van der Waals surface area contributed by atoms with E-state index >= 15 is 0 Å². The SMILES string of the molecule is CC(C)c1ccnc(-c2[c-]cc3oc4ccc(-c5ccccc5)cc4c3c2)c1.[CH3][Ge]([CH3])([CH3])[c]1ccc(-c2[c-]cccc2)nc1.[Ir]. The summed E-state index contributed by atoms with van der Waals surface area (Å²) >= 11 is -1.72. The third-order valence-corrected chi connectivity index (χ3v) is 12.1. The van der Waals surface area contributed by atoms with Gasteiger partial charge in [0.25, 0.3) is 0 Å². The first-order valence-electron chi connectivity index (χ1n) is 15.1. The molecule has 7 aromatic rings. The molecule has 5 heteroatoms. The van der Waals surface area contributed by atoms with Gasteiger partial charge in [0.2, 0.25) is 0 Å². The number of nitrogens with zero attached hydrogens (tertiary/aromatic N) is 2. The molecule has 0 aliphatic heterocycles. The van der Waals surface area contributed by atoms with E-state index < -0.39 is 13.3 Å². The number of furan rings is 1. The Kier molecular flexibility index (Phi) is 10.2. The zero-order valence-corrected chi connectivity index (χ0v) is 30.8. The maximum Gasteiger partial charge on any atom is 0 e. The number of aromatic nitrogens is 2. The Morgan fingerprint density at radius 1 is 0.667 bits per heavy atom. The van der Waals surface area contributed by atoms with Gasteiger partial charge in [-0.1, -0.05) is 67.3 Å². The monoisotopic (exact) mass is 827 g/mol. The number of benzene rings is 4. The first-order valence-corrected chi connectivity index (χ1v) is 22.4. The summed E-state index contributed by atoms with van der Waals surface area (Å²) in [4.78, 5) is 9.10. The average Bonchev–Trinajstić information content (AvgIpc) is 3.43. The van der Waals surface area contributed by atoms with E-state index in [2.05, 4.69) is 126 Å². The van der Waals surface area contributed by atoms with E-state index in [1.54, 1.807) is 0 Å². The third-order valence-electron chi connectivity index (χ3n) is 7.85. The van der Waals surface area contributed by atoms with Crippen molar-refractivity contribution in [3.8, 4) is 33.6 Å². The van der Waals surface area contributed by atoms with Crippen LogP contribution in [0.15, 0.2) is 126 Å². The molecule has 0 amide bonds. The van der Waals surface area contributed by atoms with Crippen molar-refractivity contribution < 1.29 is 24.5 Å². The predicted octanol–water partition coefficient (Wildman–Crippen LogP) is 10.3. The second kappa shape index (κ2) is 14.1. The maximum atomic E-state index is 6.04. The first kappa shape index (κ1) is 32.6. The van der Waals surface area contributed by atoms with E-state index in [1.165, 1.54) is 21.1 Å². The van der Waals surface area contributed by atoms with Crippen LogP contribution < -0.4 is 4.40 Å². The quantitative estimate of drug-likeness (QED) is 0.128. The number of hydrogen-bond donors (Lipinski definition) is 0. The molecule has 0 aliphatic carbocycles. The van der Waals surface area contributed by atoms with Gasteiger partial charge < -0.3 is 9.40 Å². The molecule has 0 saturated carbocycles. The molecular formula is C40H36GeIrN2O-2. The minimum Gasteiger partial charge on any atom is 0 e. The standard InChI is InChI=1S/C26H20NO.C14H16GeN.Ir/c1-17(2)19-12-13-27-24(16-19)21-9-11-26-23(15-21)22-14-20(8-10-25(22)28-26)18-6-4-3-5-7-18;1-15(2,3)13-9-10-14(16-11-13)12-7-5-4-6-8-12;/h3-8,10-17H,1-2H3;4-7,9-11H,1-3H3;/q2*-1;. The van der Waals surface area contributed by atoms with Gasteiger partial charge in [0.15, 0.2) is 0 Å². The van der Waals surface area contributed by atoms with Crippen molar-refractivity contribution in [1.29, 1.82) is 0 Å². The number of hydrogen-bond acceptors (Lipinski definition) is 3. The van der Waals surface area contributed by atoms with Crippen LogP contribution in [0.25, 0.3) is 55.6 Å². The fourth-order valence-corrected chi connectivity index (χ4v) is 7.35. The summed E-state index contributed by atoms with van der Waals surface area (Å²) in [5.74, 6) is 7.61. The molecule has 0 bridgehead atoms. The molecule has 3 nitrogen and oxygen atoms in total. The molecule has 45 heavy (non-hydrogen) atoms. The van der Waals surface area contributed by atoms with Gasteiger partial charge in [-0.2, -0.15) is 0 Å². The number of pyridine rings is 2. The van der Waals surface area contributed by atoms with Gasteiger partial charge in [-0.25, -0.2) is 0 Å². The molecule has 0 fully saturated rings. The Balaban J connectivity index is 0.000000202. The van der Waals surface area contributed by atoms with Crippen molar-refractivity contribution in [1.82, 2.24) is 9.97 Å². The second-order valence-corrected chi connectivity index (χ2v) is 23.0. The van der Waals surface area contributed by atoms with E-state index in [4.69, 9.17) is 4.42 Å². The van der Waals surface area contributed by atoms with Crippen molar-refractivity contribution in [3.63, 3.8) is 0 Å². The Labute approximate surface area is 282 Å². The van der Waals surface area contributed by atoms with Crippen LogP contribution in [0.3, 0.4) is 0 Å². The van der Waals surface area contributed by atoms with Gasteiger partial charge in [0, 0.05) is 31.7 Å². The summed E-state index contributed by atoms with van der Waals surface area (Å²) in [6, 6.07) is 43.9. The Morgan fingerprint density at radius 2 is 1.44 bits per heavy atom. The van der Waals surface area contributed by atoms with Crippen LogP contribution in [-0.4, -0.2) is 23.2 Å². The summed E-state index contributed by atoms with van der Waals surface area (Å²) < 4.78 is 7.49. The summed E-state index contributed by atoms with van der Waals surface area (Å²) in [6.07, 6.45) is 3.92. The van der Waals surface area contributed by atoms with E-state index in [-0.39, 0.29) is 20.1 Å². The molecule has 0 atom stereocenters. The Bertz CT molecular complexity index is 2010. The van der Waals surface area contributed by atoms with E-state index in [1.807, 2.05) is 48.8 Å². The predicted molar refractivity (Wildman–Crippen MR) is 187 cm³/mol. The van der Waals surface area contributed by atoms with Crippen LogP contribution in [0, 0.1) is 12.1 Å². The van der Waals surface area contributed by atoms with Crippen LogP contribution in [-0.2, 0) is 20.1 Å². The molecule has 0 aliphatic rings. The number of rotatable bonds is 5. The summed E-state index contributed by atoms with van der Waals surface area (Å²) in [5, 5.41) is 2.21. The van der Waals surface area contributed by atoms with Crippen LogP contribution in [0.5, 0.6) is 0 Å². The molecule has 3 heterocycles. The molecular weight excluding hydrogens is 789 g/mol. The zero-order chi connectivity index (χ0) is 30.7. The van der Waals surface area contributed by atoms with Gasteiger partial charge in [-0.05, 0) is 40.9 Å². The van der Waals surface area contributed by atoms with E-state index in [0.717, 1.165) is 44.5 Å². The Morgan fingerprint density at radius 3 is 2.13 bits per heavy atom. The molecule has 227 valence electrons. The van der Waals surface area contributed by atoms with E-state index in [9.17, 15) is 0 Å². The average molecular weight is 826 g/mol. The fourth-order valence-electron chi connectivity index (χ4n) is 5.18. The van der Waals surface area contributed by atoms with Gasteiger partial charge in [-0.15, -0.1) is 23.8 Å². The van der Waals surface area contributed by atoms with Crippen LogP contribution in [0.4, 0.5) is 0 Å². The van der Waals surface area contributed by atoms with Crippen molar-refractivity contribution in [2.24, 2.45) is 0 Å². The normalized spacial score (nSPS) is 11.2. The largest absolute Gasteiger partial charge is 0 e. The van der Waals surface area contributed by atoms with Crippen LogP contribution in [0.2, 0.25) is 17.3 Å². The minimum atomic E-state index is -1.72. The topological polar surface area (TPSA) is 38.9 Å². The van der Waals surface area contributed by atoms with Crippen LogP contribution >= 0.6 is 0 Å². The molecule has 0 unspecified atom stereocenters. The summed E-state index contributed by atoms with van der Waals surface area (Å²) in [6.45, 7) is 4.39. The van der Waals surface area contributed by atoms with Crippen molar-refractivity contribution in [3.05, 3.63) is 139 Å². The second-order valence-electron chi connectivity index (χ2n) is 12.4. The first-order chi connectivity index (χ1) is 21.3. The van der Waals surface area contributed by atoms with Gasteiger partial charge in [-0.3, -0.25) is 0 Å². The fraction of sp³-hybridized carbons (Fsp3) is 0.150. The third kappa shape index (κ3) is 7.53. The molecule has 0 spiro atoms. The van der Waals surface area contributed by atoms with Gasteiger partial charge in [0.05, 0.1) is 5.58 Å². The Hall–Kier alpha value is -3.83. The molecule has 7 rings (SSSR count). The molecule has 0 saturated heterocycles. The van der Waals surface area contributed by atoms with E-state index in [0.29, 0.717) is 5.92 Å². The zero-order valence-electron chi connectivity index (χ0n) is 26.3. The summed E-state index contributed by atoms with van der Waals surface area (Å²) in [7, 11) is 0. The smallest absolute Gasteiger partial charge is 0 e. The summed E-state index contributed by atoms with van der Waals surface area (Å²) in [5.41, 5.74) is 9.42. The van der Waals surface area contributed by atoms with Crippen molar-refractivity contribution in [2.75, 3.05) is 0 Å². The minimum absolute atomic E-state index is 0. The van der Waals surface area contributed by atoms with Crippen molar-refractivity contribution >= 4 is 39.6 Å². The molecule has 0 N–H and O–H groups in total. The van der Waals surface area contributed by atoms with Gasteiger partial charge >= 0.3 is 99.8 Å². The van der Waals surface area contributed by atoms with Crippen molar-refractivity contribution in [2.45, 2.75) is 37.0 Å². The molecule has 1 radical (unpaired) electrons. The maximum absolute atomic E-state index is 6.04. The molecule has 3 aromatic heterocycles. The number of fused-ring (bicyclic) bond motifs is 3. The van der Waals surface area contributed by atoms with Gasteiger partial charge in [0.1, 0.15) is 5.58 Å². The molecule has 4 aromatic carbocycles. The van der Waals surface area contributed by atoms with Crippen LogP contribution in [0.1, 0.15) is 25.3 Å².